The number of anilines is 1. The number of benzene rings is 2. The van der Waals surface area contributed by atoms with Gasteiger partial charge in [-0.3, -0.25) is 4.57 Å². The van der Waals surface area contributed by atoms with Crippen LogP contribution in [0.15, 0.2) is 36.4 Å². The molecule has 0 spiro atoms. The summed E-state index contributed by atoms with van der Waals surface area (Å²) in [6.07, 6.45) is 0. The molecule has 0 atom stereocenters. The Kier molecular flexibility index (Phi) is 2.52. The van der Waals surface area contributed by atoms with Crippen LogP contribution in [-0.2, 0) is 0 Å². The molecule has 4 heteroatoms. The fourth-order valence-corrected chi connectivity index (χ4v) is 2.40. The maximum absolute atomic E-state index is 14.1. The van der Waals surface area contributed by atoms with E-state index in [1.54, 1.807) is 10.6 Å². The molecule has 0 aliphatic heterocycles. The highest BCUT2D eigenvalue weighted by molar-refractivity contribution is 5.84. The van der Waals surface area contributed by atoms with E-state index < -0.39 is 0 Å². The molecule has 0 saturated heterocycles. The predicted octanol–water partition coefficient (Wildman–Crippen LogP) is 3.36. The first-order valence-corrected chi connectivity index (χ1v) is 6.08. The van der Waals surface area contributed by atoms with Crippen molar-refractivity contribution < 1.29 is 4.39 Å². The first kappa shape index (κ1) is 11.7. The van der Waals surface area contributed by atoms with E-state index in [2.05, 4.69) is 4.98 Å². The second-order valence-electron chi connectivity index (χ2n) is 4.65. The summed E-state index contributed by atoms with van der Waals surface area (Å²) >= 11 is 0. The van der Waals surface area contributed by atoms with Gasteiger partial charge in [-0.05, 0) is 37.1 Å². The summed E-state index contributed by atoms with van der Waals surface area (Å²) in [5.41, 5.74) is 9.93. The first-order chi connectivity index (χ1) is 9.09. The minimum Gasteiger partial charge on any atom is -0.369 e. The summed E-state index contributed by atoms with van der Waals surface area (Å²) in [6.45, 7) is 3.83. The van der Waals surface area contributed by atoms with Gasteiger partial charge in [-0.25, -0.2) is 9.37 Å². The fraction of sp³-hybridized carbons (Fsp3) is 0.133. The molecule has 0 radical (unpaired) electrons. The maximum atomic E-state index is 14.1. The maximum Gasteiger partial charge on any atom is 0.206 e. The Morgan fingerprint density at radius 3 is 2.47 bits per heavy atom. The molecule has 0 aliphatic carbocycles. The van der Waals surface area contributed by atoms with Crippen LogP contribution in [0.1, 0.15) is 11.1 Å². The van der Waals surface area contributed by atoms with E-state index in [1.807, 2.05) is 38.1 Å². The van der Waals surface area contributed by atoms with Crippen LogP contribution in [0.2, 0.25) is 0 Å². The number of fused-ring (bicyclic) bond motifs is 1. The van der Waals surface area contributed by atoms with Crippen molar-refractivity contribution in [3.63, 3.8) is 0 Å². The van der Waals surface area contributed by atoms with Crippen LogP contribution in [0.5, 0.6) is 0 Å². The highest BCUT2D eigenvalue weighted by Crippen LogP contribution is 2.28. The lowest BCUT2D eigenvalue weighted by atomic mass is 10.1. The zero-order chi connectivity index (χ0) is 13.6. The first-order valence-electron chi connectivity index (χ1n) is 6.08. The minimum absolute atomic E-state index is 0.299. The lowest BCUT2D eigenvalue weighted by molar-refractivity contribution is 0.618. The quantitative estimate of drug-likeness (QED) is 0.724. The zero-order valence-corrected chi connectivity index (χ0v) is 10.8. The van der Waals surface area contributed by atoms with Gasteiger partial charge in [0.05, 0.1) is 16.7 Å². The van der Waals surface area contributed by atoms with Crippen LogP contribution in [-0.4, -0.2) is 9.55 Å². The second kappa shape index (κ2) is 4.09. The van der Waals surface area contributed by atoms with Crippen LogP contribution in [0.4, 0.5) is 10.3 Å². The molecule has 19 heavy (non-hydrogen) atoms. The van der Waals surface area contributed by atoms with Gasteiger partial charge in [0.1, 0.15) is 5.82 Å². The van der Waals surface area contributed by atoms with Crippen molar-refractivity contribution in [2.24, 2.45) is 0 Å². The van der Waals surface area contributed by atoms with Gasteiger partial charge in [-0.15, -0.1) is 0 Å². The van der Waals surface area contributed by atoms with E-state index in [0.29, 0.717) is 11.6 Å². The van der Waals surface area contributed by atoms with E-state index in [0.717, 1.165) is 22.2 Å². The topological polar surface area (TPSA) is 43.8 Å². The highest BCUT2D eigenvalue weighted by atomic mass is 19.1. The molecule has 2 N–H and O–H groups in total. The number of hydrogen-bond donors (Lipinski definition) is 1. The molecule has 3 nitrogen and oxygen atoms in total. The number of halogens is 1. The number of para-hydroxylation sites is 2. The number of rotatable bonds is 1. The molecule has 96 valence electrons. The second-order valence-corrected chi connectivity index (χ2v) is 4.65. The zero-order valence-electron chi connectivity index (χ0n) is 10.8. The Bertz CT molecular complexity index is 754. The van der Waals surface area contributed by atoms with Crippen molar-refractivity contribution in [1.82, 2.24) is 9.55 Å². The van der Waals surface area contributed by atoms with Crippen LogP contribution < -0.4 is 5.73 Å². The average Bonchev–Trinajstić information content (AvgIpc) is 2.68. The van der Waals surface area contributed by atoms with Crippen molar-refractivity contribution in [2.75, 3.05) is 5.73 Å². The van der Waals surface area contributed by atoms with Crippen LogP contribution >= 0.6 is 0 Å². The van der Waals surface area contributed by atoms with E-state index >= 15 is 0 Å². The molecule has 1 heterocycles. The lowest BCUT2D eigenvalue weighted by Gasteiger charge is -2.11. The average molecular weight is 255 g/mol. The van der Waals surface area contributed by atoms with E-state index in [1.165, 1.54) is 6.07 Å². The van der Waals surface area contributed by atoms with Crippen molar-refractivity contribution in [3.05, 3.63) is 53.3 Å². The van der Waals surface area contributed by atoms with Gasteiger partial charge in [-0.1, -0.05) is 24.3 Å². The summed E-state index contributed by atoms with van der Waals surface area (Å²) in [5, 5.41) is 0. The molecular formula is C15H14FN3. The number of nitrogens with zero attached hydrogens (tertiary/aromatic N) is 2. The summed E-state index contributed by atoms with van der Waals surface area (Å²) in [7, 11) is 0. The number of aromatic nitrogens is 2. The lowest BCUT2D eigenvalue weighted by Crippen LogP contribution is -2.04. The largest absolute Gasteiger partial charge is 0.369 e. The summed E-state index contributed by atoms with van der Waals surface area (Å²) in [6, 6.07) is 10.8. The highest BCUT2D eigenvalue weighted by Gasteiger charge is 2.15. The van der Waals surface area contributed by atoms with Gasteiger partial charge < -0.3 is 5.73 Å². The van der Waals surface area contributed by atoms with Crippen molar-refractivity contribution >= 4 is 17.0 Å². The Labute approximate surface area is 110 Å². The summed E-state index contributed by atoms with van der Waals surface area (Å²) < 4.78 is 15.8. The van der Waals surface area contributed by atoms with E-state index in [-0.39, 0.29) is 5.82 Å². The molecule has 0 saturated carbocycles. The number of nitrogen functional groups attached to an aromatic ring is 1. The Morgan fingerprint density at radius 1 is 1.05 bits per heavy atom. The Hall–Kier alpha value is -2.36. The normalized spacial score (nSPS) is 11.1. The van der Waals surface area contributed by atoms with Crippen molar-refractivity contribution in [1.29, 1.82) is 0 Å². The Balaban J connectivity index is 2.44. The minimum atomic E-state index is -0.299. The van der Waals surface area contributed by atoms with Gasteiger partial charge in [0.25, 0.3) is 0 Å². The van der Waals surface area contributed by atoms with E-state index in [4.69, 9.17) is 5.73 Å². The summed E-state index contributed by atoms with van der Waals surface area (Å²) in [4.78, 5) is 4.35. The van der Waals surface area contributed by atoms with E-state index in [9.17, 15) is 4.39 Å². The number of imidazole rings is 1. The standard InChI is InChI=1S/C15H14FN3/c1-9-5-4-8-12-13(9)18-15(17)19(12)14-10(2)6-3-7-11(14)16/h3-8H,1-2H3,(H2,17,18). The monoisotopic (exact) mass is 255 g/mol. The third-order valence-electron chi connectivity index (χ3n) is 3.32. The number of nitrogens with two attached hydrogens (primary N) is 1. The van der Waals surface area contributed by atoms with Crippen molar-refractivity contribution in [2.45, 2.75) is 13.8 Å². The fourth-order valence-electron chi connectivity index (χ4n) is 2.40. The molecule has 0 amide bonds. The molecule has 0 fully saturated rings. The van der Waals surface area contributed by atoms with Gasteiger partial charge in [-0.2, -0.15) is 0 Å². The molecule has 0 unspecified atom stereocenters. The predicted molar refractivity (Wildman–Crippen MR) is 74.9 cm³/mol. The van der Waals surface area contributed by atoms with Gasteiger partial charge >= 0.3 is 0 Å². The third kappa shape index (κ3) is 1.68. The van der Waals surface area contributed by atoms with Crippen LogP contribution in [0.3, 0.4) is 0 Å². The third-order valence-corrected chi connectivity index (χ3v) is 3.32. The molecule has 0 bridgehead atoms. The SMILES string of the molecule is Cc1cccc(F)c1-n1c(N)nc2c(C)cccc21. The summed E-state index contributed by atoms with van der Waals surface area (Å²) in [5.74, 6) is 0.00464. The van der Waals surface area contributed by atoms with Crippen LogP contribution in [0.25, 0.3) is 16.7 Å². The molecule has 3 aromatic rings. The molecule has 0 aliphatic rings. The van der Waals surface area contributed by atoms with Gasteiger partial charge in [0.2, 0.25) is 5.95 Å². The number of hydrogen-bond acceptors (Lipinski definition) is 2. The molecule has 1 aromatic heterocycles. The van der Waals surface area contributed by atoms with Gasteiger partial charge in [0, 0.05) is 0 Å². The Morgan fingerprint density at radius 2 is 1.74 bits per heavy atom. The van der Waals surface area contributed by atoms with Crippen LogP contribution in [0, 0.1) is 19.7 Å². The van der Waals surface area contributed by atoms with Crippen molar-refractivity contribution in [3.8, 4) is 5.69 Å². The molecule has 3 rings (SSSR count). The smallest absolute Gasteiger partial charge is 0.206 e. The number of aryl methyl sites for hydroxylation is 2. The molecule has 2 aromatic carbocycles. The van der Waals surface area contributed by atoms with Gasteiger partial charge in [0.15, 0.2) is 0 Å². The molecular weight excluding hydrogens is 241 g/mol.